The van der Waals surface area contributed by atoms with Crippen molar-refractivity contribution in [3.05, 3.63) is 65.2 Å². The zero-order chi connectivity index (χ0) is 23.4. The van der Waals surface area contributed by atoms with E-state index in [0.717, 1.165) is 24.1 Å². The van der Waals surface area contributed by atoms with E-state index < -0.39 is 6.10 Å². The molecular weight excluding hydrogens is 412 g/mol. The van der Waals surface area contributed by atoms with Crippen LogP contribution in [0.15, 0.2) is 48.5 Å². The Balaban J connectivity index is 1.60. The van der Waals surface area contributed by atoms with Crippen molar-refractivity contribution in [1.82, 2.24) is 10.2 Å². The number of hydrogen-bond acceptors (Lipinski definition) is 3. The van der Waals surface area contributed by atoms with Gasteiger partial charge in [0, 0.05) is 19.5 Å². The fourth-order valence-electron chi connectivity index (χ4n) is 4.56. The second-order valence-electron chi connectivity index (χ2n) is 9.81. The molecule has 2 atom stereocenters. The van der Waals surface area contributed by atoms with E-state index in [9.17, 15) is 9.59 Å². The van der Waals surface area contributed by atoms with Crippen LogP contribution in [0.5, 0.6) is 5.75 Å². The van der Waals surface area contributed by atoms with Crippen molar-refractivity contribution in [3.8, 4) is 5.75 Å². The summed E-state index contributed by atoms with van der Waals surface area (Å²) in [4.78, 5) is 27.8. The smallest absolute Gasteiger partial charge is 0.261 e. The van der Waals surface area contributed by atoms with Gasteiger partial charge in [0.25, 0.3) is 5.91 Å². The van der Waals surface area contributed by atoms with Gasteiger partial charge in [0.1, 0.15) is 5.75 Å². The van der Waals surface area contributed by atoms with Crippen LogP contribution in [0.1, 0.15) is 69.2 Å². The molecule has 0 saturated heterocycles. The summed E-state index contributed by atoms with van der Waals surface area (Å²) in [6, 6.07) is 16.2. The van der Waals surface area contributed by atoms with Crippen LogP contribution in [0.4, 0.5) is 0 Å². The minimum atomic E-state index is -0.515. The third-order valence-electron chi connectivity index (χ3n) is 6.57. The first kappa shape index (κ1) is 23.3. The lowest BCUT2D eigenvalue weighted by Gasteiger charge is -2.38. The summed E-state index contributed by atoms with van der Waals surface area (Å²) in [5.41, 5.74) is 3.42. The maximum atomic E-state index is 13.2. The van der Waals surface area contributed by atoms with Gasteiger partial charge in [-0.2, -0.15) is 0 Å². The topological polar surface area (TPSA) is 58.6 Å². The van der Waals surface area contributed by atoms with Gasteiger partial charge in [0.2, 0.25) is 5.91 Å². The predicted octanol–water partition coefficient (Wildman–Crippen LogP) is 4.89. The molecule has 0 spiro atoms. The van der Waals surface area contributed by atoms with Gasteiger partial charge in [-0.3, -0.25) is 9.59 Å². The summed E-state index contributed by atoms with van der Waals surface area (Å²) in [7, 11) is 0. The second-order valence-corrected chi connectivity index (χ2v) is 9.81. The molecule has 0 aromatic heterocycles. The van der Waals surface area contributed by atoms with Crippen molar-refractivity contribution in [2.45, 2.75) is 65.0 Å². The summed E-state index contributed by atoms with van der Waals surface area (Å²) in [6.45, 7) is 7.58. The molecule has 2 aromatic carbocycles. The molecule has 1 aliphatic carbocycles. The first-order valence-electron chi connectivity index (χ1n) is 12.4. The molecule has 2 aliphatic rings. The summed E-state index contributed by atoms with van der Waals surface area (Å²) in [5.74, 6) is 1.76. The average molecular weight is 449 g/mol. The number of carbonyl (C=O) groups excluding carboxylic acids is 2. The Hall–Kier alpha value is -2.82. The van der Waals surface area contributed by atoms with Crippen molar-refractivity contribution in [2.75, 3.05) is 13.1 Å². The van der Waals surface area contributed by atoms with Crippen molar-refractivity contribution >= 4 is 11.8 Å². The molecule has 0 bridgehead atoms. The number of nitrogens with zero attached hydrogens (tertiary/aromatic N) is 1. The van der Waals surface area contributed by atoms with Gasteiger partial charge < -0.3 is 15.0 Å². The van der Waals surface area contributed by atoms with Crippen LogP contribution in [0.3, 0.4) is 0 Å². The second kappa shape index (κ2) is 10.4. The minimum Gasteiger partial charge on any atom is -0.481 e. The molecule has 176 valence electrons. The minimum absolute atomic E-state index is 0.0459. The predicted molar refractivity (Wildman–Crippen MR) is 130 cm³/mol. The van der Waals surface area contributed by atoms with Crippen molar-refractivity contribution < 1.29 is 14.3 Å². The van der Waals surface area contributed by atoms with Gasteiger partial charge in [-0.05, 0) is 66.3 Å². The molecular formula is C28H36N2O3. The summed E-state index contributed by atoms with van der Waals surface area (Å²) in [5, 5.41) is 3.04. The molecule has 1 heterocycles. The van der Waals surface area contributed by atoms with Gasteiger partial charge in [-0.25, -0.2) is 0 Å². The molecule has 5 nitrogen and oxygen atoms in total. The Labute approximate surface area is 197 Å². The van der Waals surface area contributed by atoms with E-state index in [1.807, 2.05) is 42.2 Å². The standard InChI is InChI=1S/C28H36N2O3/c1-4-25(28(32)29-18-20-10-11-20)33-23-13-12-21-14-15-30(26(31)16-19(2)3)27(24(21)17-23)22-8-6-5-7-9-22/h5-9,12-13,17,19-20,25,27H,4,10-11,14-16,18H2,1-3H3,(H,29,32). The normalized spacial score (nSPS) is 18.5. The number of benzene rings is 2. The van der Waals surface area contributed by atoms with Gasteiger partial charge in [0.05, 0.1) is 6.04 Å². The Kier molecular flexibility index (Phi) is 7.36. The van der Waals surface area contributed by atoms with E-state index in [1.54, 1.807) is 0 Å². The molecule has 4 rings (SSSR count). The molecule has 1 aliphatic heterocycles. The van der Waals surface area contributed by atoms with E-state index >= 15 is 0 Å². The van der Waals surface area contributed by atoms with Crippen molar-refractivity contribution in [3.63, 3.8) is 0 Å². The number of hydrogen-bond donors (Lipinski definition) is 1. The quantitative estimate of drug-likeness (QED) is 0.594. The Morgan fingerprint density at radius 2 is 1.88 bits per heavy atom. The zero-order valence-corrected chi connectivity index (χ0v) is 20.0. The summed E-state index contributed by atoms with van der Waals surface area (Å²) in [6.07, 6.45) is 3.86. The van der Waals surface area contributed by atoms with E-state index in [1.165, 1.54) is 18.4 Å². The Morgan fingerprint density at radius 1 is 1.12 bits per heavy atom. The number of amides is 2. The van der Waals surface area contributed by atoms with Crippen LogP contribution >= 0.6 is 0 Å². The highest BCUT2D eigenvalue weighted by atomic mass is 16.5. The fourth-order valence-corrected chi connectivity index (χ4v) is 4.56. The molecule has 1 saturated carbocycles. The third kappa shape index (κ3) is 5.76. The van der Waals surface area contributed by atoms with Gasteiger partial charge in [0.15, 0.2) is 6.10 Å². The van der Waals surface area contributed by atoms with E-state index in [2.05, 4.69) is 37.4 Å². The van der Waals surface area contributed by atoms with Gasteiger partial charge >= 0.3 is 0 Å². The molecule has 1 fully saturated rings. The van der Waals surface area contributed by atoms with Crippen LogP contribution in [-0.4, -0.2) is 35.9 Å². The largest absolute Gasteiger partial charge is 0.481 e. The van der Waals surface area contributed by atoms with E-state index in [0.29, 0.717) is 37.0 Å². The Morgan fingerprint density at radius 3 is 2.55 bits per heavy atom. The fraction of sp³-hybridized carbons (Fsp3) is 0.500. The van der Waals surface area contributed by atoms with Gasteiger partial charge in [-0.1, -0.05) is 57.2 Å². The van der Waals surface area contributed by atoms with Crippen molar-refractivity contribution in [2.24, 2.45) is 11.8 Å². The SMILES string of the molecule is CCC(Oc1ccc2c(c1)C(c1ccccc1)N(C(=O)CC(C)C)CC2)C(=O)NCC1CC1. The molecule has 2 aromatic rings. The number of nitrogens with one attached hydrogen (secondary N) is 1. The number of ether oxygens (including phenoxy) is 1. The number of rotatable bonds is 9. The van der Waals surface area contributed by atoms with Crippen LogP contribution in [-0.2, 0) is 16.0 Å². The lowest BCUT2D eigenvalue weighted by Crippen LogP contribution is -2.41. The molecule has 33 heavy (non-hydrogen) atoms. The van der Waals surface area contributed by atoms with Crippen LogP contribution in [0.25, 0.3) is 0 Å². The molecule has 1 N–H and O–H groups in total. The first-order valence-corrected chi connectivity index (χ1v) is 12.4. The van der Waals surface area contributed by atoms with E-state index in [-0.39, 0.29) is 17.9 Å². The highest BCUT2D eigenvalue weighted by Crippen LogP contribution is 2.38. The number of carbonyl (C=O) groups is 2. The van der Waals surface area contributed by atoms with Crippen LogP contribution in [0.2, 0.25) is 0 Å². The van der Waals surface area contributed by atoms with Gasteiger partial charge in [-0.15, -0.1) is 0 Å². The molecule has 0 radical (unpaired) electrons. The highest BCUT2D eigenvalue weighted by Gasteiger charge is 2.33. The lowest BCUT2D eigenvalue weighted by molar-refractivity contribution is -0.134. The zero-order valence-electron chi connectivity index (χ0n) is 20.0. The van der Waals surface area contributed by atoms with E-state index in [4.69, 9.17) is 4.74 Å². The maximum absolute atomic E-state index is 13.2. The number of fused-ring (bicyclic) bond motifs is 1. The maximum Gasteiger partial charge on any atom is 0.261 e. The highest BCUT2D eigenvalue weighted by molar-refractivity contribution is 5.81. The average Bonchev–Trinajstić information content (AvgIpc) is 3.64. The summed E-state index contributed by atoms with van der Waals surface area (Å²) >= 11 is 0. The summed E-state index contributed by atoms with van der Waals surface area (Å²) < 4.78 is 6.17. The molecule has 2 unspecified atom stereocenters. The Bertz CT molecular complexity index is 968. The van der Waals surface area contributed by atoms with Crippen LogP contribution in [0, 0.1) is 11.8 Å². The van der Waals surface area contributed by atoms with Crippen LogP contribution < -0.4 is 10.1 Å². The first-order chi connectivity index (χ1) is 16.0. The monoisotopic (exact) mass is 448 g/mol. The third-order valence-corrected chi connectivity index (χ3v) is 6.57. The molecule has 2 amide bonds. The lowest BCUT2D eigenvalue weighted by atomic mass is 9.87. The van der Waals surface area contributed by atoms with Crippen molar-refractivity contribution in [1.29, 1.82) is 0 Å². The molecule has 5 heteroatoms.